The van der Waals surface area contributed by atoms with Gasteiger partial charge in [0.05, 0.1) is 38.0 Å². The fraction of sp³-hybridized carbons (Fsp3) is 0.360. The van der Waals surface area contributed by atoms with Crippen molar-refractivity contribution in [2.24, 2.45) is 0 Å². The number of carbonyl (C=O) groups is 2. The van der Waals surface area contributed by atoms with Crippen LogP contribution in [0.15, 0.2) is 48.0 Å². The first kappa shape index (κ1) is 24.1. The maximum absolute atomic E-state index is 13.2. The Bertz CT molecular complexity index is 1050. The van der Waals surface area contributed by atoms with Gasteiger partial charge in [0.1, 0.15) is 23.0 Å². The van der Waals surface area contributed by atoms with Gasteiger partial charge in [-0.2, -0.15) is 0 Å². The Morgan fingerprint density at radius 1 is 1.03 bits per heavy atom. The molecule has 1 amide bonds. The maximum Gasteiger partial charge on any atom is 0.295 e. The van der Waals surface area contributed by atoms with E-state index in [1.807, 2.05) is 25.9 Å². The molecule has 2 aromatic rings. The minimum atomic E-state index is -0.753. The number of aliphatic hydroxyl groups excluding tert-OH is 1. The Labute approximate surface area is 194 Å². The van der Waals surface area contributed by atoms with Crippen LogP contribution in [0.4, 0.5) is 0 Å². The maximum atomic E-state index is 13.2. The average molecular weight is 455 g/mol. The van der Waals surface area contributed by atoms with Crippen LogP contribution in [0, 0.1) is 0 Å². The molecule has 0 saturated carbocycles. The van der Waals surface area contributed by atoms with Crippen molar-refractivity contribution < 1.29 is 28.9 Å². The van der Waals surface area contributed by atoms with Gasteiger partial charge in [-0.15, -0.1) is 0 Å². The molecule has 176 valence electrons. The Morgan fingerprint density at radius 3 is 2.27 bits per heavy atom. The van der Waals surface area contributed by atoms with Gasteiger partial charge < -0.3 is 29.1 Å². The molecule has 1 unspecified atom stereocenters. The first-order valence-electron chi connectivity index (χ1n) is 10.7. The van der Waals surface area contributed by atoms with Gasteiger partial charge in [-0.05, 0) is 56.9 Å². The lowest BCUT2D eigenvalue weighted by Gasteiger charge is -2.26. The van der Waals surface area contributed by atoms with Crippen molar-refractivity contribution >= 4 is 17.4 Å². The standard InChI is InChI=1S/C25H30N2O6/c1-6-33-17-9-7-16(8-10-17)22-21(24(29)25(30)27(22)14-13-26(2)3)23(28)19-15-18(31-4)11-12-20(19)32-5/h7-12,15,22,28H,6,13-14H2,1-5H3/b23-21+. The molecule has 1 aliphatic heterocycles. The smallest absolute Gasteiger partial charge is 0.295 e. The van der Waals surface area contributed by atoms with Gasteiger partial charge in [0, 0.05) is 13.1 Å². The summed E-state index contributed by atoms with van der Waals surface area (Å²) < 4.78 is 16.2. The molecule has 1 fully saturated rings. The van der Waals surface area contributed by atoms with Crippen LogP contribution in [0.3, 0.4) is 0 Å². The van der Waals surface area contributed by atoms with Crippen LogP contribution in [0.25, 0.3) is 5.76 Å². The topological polar surface area (TPSA) is 88.5 Å². The minimum absolute atomic E-state index is 0.00877. The van der Waals surface area contributed by atoms with Gasteiger partial charge >= 0.3 is 0 Å². The number of carbonyl (C=O) groups excluding carboxylic acids is 2. The lowest BCUT2D eigenvalue weighted by molar-refractivity contribution is -0.140. The van der Waals surface area contributed by atoms with Crippen LogP contribution in [0.2, 0.25) is 0 Å². The highest BCUT2D eigenvalue weighted by Crippen LogP contribution is 2.41. The largest absolute Gasteiger partial charge is 0.507 e. The number of aliphatic hydroxyl groups is 1. The fourth-order valence-corrected chi connectivity index (χ4v) is 3.82. The molecule has 0 aromatic heterocycles. The molecule has 1 atom stereocenters. The molecule has 1 aliphatic rings. The second-order valence-electron chi connectivity index (χ2n) is 7.86. The lowest BCUT2D eigenvalue weighted by atomic mass is 9.95. The van der Waals surface area contributed by atoms with E-state index in [4.69, 9.17) is 14.2 Å². The van der Waals surface area contributed by atoms with Crippen molar-refractivity contribution in [2.45, 2.75) is 13.0 Å². The van der Waals surface area contributed by atoms with Crippen LogP contribution >= 0.6 is 0 Å². The number of hydrogen-bond donors (Lipinski definition) is 1. The highest BCUT2D eigenvalue weighted by atomic mass is 16.5. The van der Waals surface area contributed by atoms with Crippen LogP contribution in [0.5, 0.6) is 17.2 Å². The molecule has 1 saturated heterocycles. The summed E-state index contributed by atoms with van der Waals surface area (Å²) in [6, 6.07) is 11.3. The van der Waals surface area contributed by atoms with E-state index in [1.54, 1.807) is 42.5 Å². The van der Waals surface area contributed by atoms with Crippen molar-refractivity contribution in [1.82, 2.24) is 9.80 Å². The molecule has 0 aliphatic carbocycles. The third-order valence-electron chi connectivity index (χ3n) is 5.50. The number of Topliss-reactive ketones (excluding diaryl/α,β-unsaturated/α-hetero) is 1. The molecule has 3 rings (SSSR count). The first-order valence-corrected chi connectivity index (χ1v) is 10.7. The fourth-order valence-electron chi connectivity index (χ4n) is 3.82. The number of likely N-dealkylation sites (N-methyl/N-ethyl adjacent to an activating group) is 1. The summed E-state index contributed by atoms with van der Waals surface area (Å²) in [6.45, 7) is 3.30. The molecule has 0 bridgehead atoms. The second-order valence-corrected chi connectivity index (χ2v) is 7.86. The molecule has 1 N–H and O–H groups in total. The van der Waals surface area contributed by atoms with E-state index in [0.717, 1.165) is 0 Å². The van der Waals surface area contributed by atoms with Gasteiger partial charge in [0.15, 0.2) is 0 Å². The van der Waals surface area contributed by atoms with Crippen LogP contribution < -0.4 is 14.2 Å². The van der Waals surface area contributed by atoms with E-state index in [1.165, 1.54) is 19.1 Å². The van der Waals surface area contributed by atoms with Gasteiger partial charge in [-0.25, -0.2) is 0 Å². The zero-order valence-electron chi connectivity index (χ0n) is 19.6. The summed E-state index contributed by atoms with van der Waals surface area (Å²) in [5.74, 6) is -0.180. The van der Waals surface area contributed by atoms with Crippen LogP contribution in [-0.4, -0.2) is 74.6 Å². The number of hydrogen-bond acceptors (Lipinski definition) is 7. The highest BCUT2D eigenvalue weighted by Gasteiger charge is 2.46. The van der Waals surface area contributed by atoms with Crippen molar-refractivity contribution in [3.63, 3.8) is 0 Å². The molecular formula is C25H30N2O6. The Kier molecular flexibility index (Phi) is 7.60. The van der Waals surface area contributed by atoms with E-state index in [0.29, 0.717) is 42.5 Å². The van der Waals surface area contributed by atoms with E-state index >= 15 is 0 Å². The zero-order chi connectivity index (χ0) is 24.1. The number of ether oxygens (including phenoxy) is 3. The van der Waals surface area contributed by atoms with Crippen molar-refractivity contribution in [3.05, 3.63) is 59.2 Å². The number of amides is 1. The number of ketones is 1. The van der Waals surface area contributed by atoms with Gasteiger partial charge in [0.25, 0.3) is 11.7 Å². The van der Waals surface area contributed by atoms with Crippen molar-refractivity contribution in [2.75, 3.05) is 48.0 Å². The Morgan fingerprint density at radius 2 is 1.70 bits per heavy atom. The van der Waals surface area contributed by atoms with Crippen molar-refractivity contribution in [3.8, 4) is 17.2 Å². The predicted octanol–water partition coefficient (Wildman–Crippen LogP) is 3.09. The summed E-state index contributed by atoms with van der Waals surface area (Å²) in [7, 11) is 6.76. The molecule has 2 aromatic carbocycles. The third kappa shape index (κ3) is 4.96. The van der Waals surface area contributed by atoms with Crippen LogP contribution in [0.1, 0.15) is 24.1 Å². The number of likely N-dealkylation sites (tertiary alicyclic amines) is 1. The molecule has 0 spiro atoms. The van der Waals surface area contributed by atoms with Gasteiger partial charge in [-0.3, -0.25) is 9.59 Å². The van der Waals surface area contributed by atoms with Gasteiger partial charge in [0.2, 0.25) is 0 Å². The number of nitrogens with zero attached hydrogens (tertiary/aromatic N) is 2. The summed E-state index contributed by atoms with van der Waals surface area (Å²) in [4.78, 5) is 29.6. The minimum Gasteiger partial charge on any atom is -0.507 e. The van der Waals surface area contributed by atoms with E-state index in [-0.39, 0.29) is 16.9 Å². The first-order chi connectivity index (χ1) is 15.8. The predicted molar refractivity (Wildman–Crippen MR) is 125 cm³/mol. The Hall–Kier alpha value is -3.52. The second kappa shape index (κ2) is 10.4. The van der Waals surface area contributed by atoms with E-state index < -0.39 is 17.7 Å². The zero-order valence-corrected chi connectivity index (χ0v) is 19.6. The molecule has 0 radical (unpaired) electrons. The quantitative estimate of drug-likeness (QED) is 0.354. The summed E-state index contributed by atoms with van der Waals surface area (Å²) in [5, 5.41) is 11.3. The summed E-state index contributed by atoms with van der Waals surface area (Å²) >= 11 is 0. The number of methoxy groups -OCH3 is 2. The molecule has 8 nitrogen and oxygen atoms in total. The highest BCUT2D eigenvalue weighted by molar-refractivity contribution is 6.46. The third-order valence-corrected chi connectivity index (χ3v) is 5.50. The van der Waals surface area contributed by atoms with E-state index in [9.17, 15) is 14.7 Å². The summed E-state index contributed by atoms with van der Waals surface area (Å²) in [6.07, 6.45) is 0. The normalized spacial score (nSPS) is 17.5. The number of rotatable bonds is 9. The molecular weight excluding hydrogens is 424 g/mol. The lowest BCUT2D eigenvalue weighted by Crippen LogP contribution is -2.35. The van der Waals surface area contributed by atoms with Gasteiger partial charge in [-0.1, -0.05) is 12.1 Å². The van der Waals surface area contributed by atoms with Crippen molar-refractivity contribution in [1.29, 1.82) is 0 Å². The van der Waals surface area contributed by atoms with Crippen LogP contribution in [-0.2, 0) is 9.59 Å². The molecule has 33 heavy (non-hydrogen) atoms. The molecule has 1 heterocycles. The SMILES string of the molecule is CCOc1ccc(C2/C(=C(\O)c3cc(OC)ccc3OC)C(=O)C(=O)N2CCN(C)C)cc1. The Balaban J connectivity index is 2.18. The average Bonchev–Trinajstić information content (AvgIpc) is 3.07. The summed E-state index contributed by atoms with van der Waals surface area (Å²) in [5.41, 5.74) is 0.979. The van der Waals surface area contributed by atoms with E-state index in [2.05, 4.69) is 0 Å². The number of benzene rings is 2. The monoisotopic (exact) mass is 454 g/mol. The molecule has 8 heteroatoms.